The summed E-state index contributed by atoms with van der Waals surface area (Å²) in [7, 11) is 0. The van der Waals surface area contributed by atoms with Crippen LogP contribution in [-0.2, 0) is 0 Å². The molecule has 158 valence electrons. The Labute approximate surface area is 177 Å². The van der Waals surface area contributed by atoms with Gasteiger partial charge in [0.1, 0.15) is 13.4 Å². The molecule has 0 unspecified atom stereocenters. The molecule has 4 saturated heterocycles. The second-order valence-corrected chi connectivity index (χ2v) is 11.5. The molecule has 4 rings (SSSR count). The van der Waals surface area contributed by atoms with Crippen LogP contribution in [0.3, 0.4) is 0 Å². The highest BCUT2D eigenvalue weighted by Gasteiger charge is 2.39. The Bertz CT molecular complexity index is 352. The molecule has 0 aromatic carbocycles. The summed E-state index contributed by atoms with van der Waals surface area (Å²) in [5.74, 6) is 4.54. The lowest BCUT2D eigenvalue weighted by molar-refractivity contribution is 0.439. The maximum absolute atomic E-state index is 1.58. The largest absolute Gasteiger partial charge is 0.146 e. The highest BCUT2D eigenvalue weighted by Crippen LogP contribution is 2.49. The maximum Gasteiger partial charge on any atom is 0.146 e. The molecular weight excluding hydrogens is 334 g/mol. The van der Waals surface area contributed by atoms with E-state index in [1.54, 1.807) is 103 Å². The quantitative estimate of drug-likeness (QED) is 0.247. The van der Waals surface area contributed by atoms with E-state index in [0.717, 1.165) is 36.7 Å². The van der Waals surface area contributed by atoms with Crippen molar-refractivity contribution in [1.29, 1.82) is 0 Å². The fraction of sp³-hybridized carbons (Fsp3) is 1.00. The number of fused-ring (bicyclic) bond motifs is 4. The van der Waals surface area contributed by atoms with Crippen molar-refractivity contribution in [2.24, 2.45) is 0 Å². The number of hydrogen-bond donors (Lipinski definition) is 0. The summed E-state index contributed by atoms with van der Waals surface area (Å²) in [5, 5.41) is 0. The summed E-state index contributed by atoms with van der Waals surface area (Å²) in [6.45, 7) is 2.28. The lowest BCUT2D eigenvalue weighted by atomic mass is 9.26. The molecule has 0 amide bonds. The number of rotatable bonds is 11. The van der Waals surface area contributed by atoms with E-state index in [1.165, 1.54) is 38.5 Å². The summed E-state index contributed by atoms with van der Waals surface area (Å²) in [6, 6.07) is 0. The van der Waals surface area contributed by atoms with E-state index in [-0.39, 0.29) is 0 Å². The first-order valence-electron chi connectivity index (χ1n) is 13.9. The molecule has 0 aromatic rings. The Balaban J connectivity index is 0.981. The van der Waals surface area contributed by atoms with Crippen LogP contribution in [-0.4, -0.2) is 13.4 Å². The topological polar surface area (TPSA) is 0 Å². The summed E-state index contributed by atoms with van der Waals surface area (Å²) < 4.78 is 0. The lowest BCUT2D eigenvalue weighted by Crippen LogP contribution is -2.34. The van der Waals surface area contributed by atoms with Crippen molar-refractivity contribution >= 4 is 13.4 Å². The minimum Gasteiger partial charge on any atom is -0.0737 e. The van der Waals surface area contributed by atoms with Crippen LogP contribution in [0.25, 0.3) is 0 Å². The van der Waals surface area contributed by atoms with Crippen molar-refractivity contribution in [2.75, 3.05) is 0 Å². The molecular formula is C26H48B2. The van der Waals surface area contributed by atoms with E-state index in [9.17, 15) is 0 Å². The van der Waals surface area contributed by atoms with Crippen LogP contribution in [0, 0.1) is 0 Å². The van der Waals surface area contributed by atoms with E-state index in [2.05, 4.69) is 0 Å². The second kappa shape index (κ2) is 11.5. The Morgan fingerprint density at radius 1 is 0.357 bits per heavy atom. The molecule has 0 atom stereocenters. The Morgan fingerprint density at radius 3 is 0.893 bits per heavy atom. The van der Waals surface area contributed by atoms with E-state index < -0.39 is 0 Å². The van der Waals surface area contributed by atoms with Crippen LogP contribution in [0.5, 0.6) is 0 Å². The predicted molar refractivity (Wildman–Crippen MR) is 128 cm³/mol. The summed E-state index contributed by atoms with van der Waals surface area (Å²) >= 11 is 0. The van der Waals surface area contributed by atoms with Gasteiger partial charge in [0, 0.05) is 0 Å². The van der Waals surface area contributed by atoms with Crippen LogP contribution >= 0.6 is 0 Å². The van der Waals surface area contributed by atoms with Gasteiger partial charge in [-0.05, 0) is 0 Å². The smallest absolute Gasteiger partial charge is 0.0737 e. The Kier molecular flexibility index (Phi) is 8.78. The van der Waals surface area contributed by atoms with Crippen molar-refractivity contribution in [3.63, 3.8) is 0 Å². The van der Waals surface area contributed by atoms with Gasteiger partial charge in [-0.15, -0.1) is 0 Å². The zero-order chi connectivity index (χ0) is 19.0. The van der Waals surface area contributed by atoms with Gasteiger partial charge in [0.15, 0.2) is 0 Å². The molecule has 2 heteroatoms. The monoisotopic (exact) mass is 382 g/mol. The zero-order valence-corrected chi connectivity index (χ0v) is 19.0. The van der Waals surface area contributed by atoms with Gasteiger partial charge in [0.2, 0.25) is 0 Å². The maximum atomic E-state index is 1.58. The molecule has 0 spiro atoms. The molecule has 0 radical (unpaired) electrons. The van der Waals surface area contributed by atoms with Gasteiger partial charge in [-0.1, -0.05) is 164 Å². The number of unbranched alkanes of at least 4 members (excludes halogenated alkanes) is 7. The Hall–Kier alpha value is 0.130. The van der Waals surface area contributed by atoms with Gasteiger partial charge in [0.05, 0.1) is 0 Å². The van der Waals surface area contributed by atoms with E-state index in [1.807, 2.05) is 0 Å². The molecule has 4 bridgehead atoms. The van der Waals surface area contributed by atoms with Gasteiger partial charge in [-0.3, -0.25) is 0 Å². The molecule has 4 fully saturated rings. The average Bonchev–Trinajstić information content (AvgIpc) is 2.69. The van der Waals surface area contributed by atoms with Crippen LogP contribution < -0.4 is 0 Å². The van der Waals surface area contributed by atoms with Gasteiger partial charge >= 0.3 is 0 Å². The lowest BCUT2D eigenvalue weighted by Gasteiger charge is -2.40. The summed E-state index contributed by atoms with van der Waals surface area (Å²) in [4.78, 5) is 0. The molecule has 0 aromatic heterocycles. The first-order valence-corrected chi connectivity index (χ1v) is 13.9. The van der Waals surface area contributed by atoms with Crippen molar-refractivity contribution in [3.05, 3.63) is 0 Å². The standard InChI is InChI=1S/C26H48B2/c1(3-5-7-21-27-23-13-9-14-24(27)16-10-15-23)2-4-6-8-22-28-25-17-11-18-26(28)20-12-19-25/h23-26H,1-22H2. The second-order valence-electron chi connectivity index (χ2n) is 11.5. The van der Waals surface area contributed by atoms with Gasteiger partial charge in [-0.2, -0.15) is 0 Å². The molecule has 4 heterocycles. The highest BCUT2D eigenvalue weighted by atomic mass is 14.3. The normalized spacial score (nSPS) is 32.6. The number of hydrogen-bond acceptors (Lipinski definition) is 0. The van der Waals surface area contributed by atoms with Crippen molar-refractivity contribution in [1.82, 2.24) is 0 Å². The predicted octanol–water partition coefficient (Wildman–Crippen LogP) is 9.31. The van der Waals surface area contributed by atoms with Crippen molar-refractivity contribution < 1.29 is 0 Å². The highest BCUT2D eigenvalue weighted by molar-refractivity contribution is 6.63. The molecule has 0 aliphatic carbocycles. The van der Waals surface area contributed by atoms with Crippen LogP contribution in [0.2, 0.25) is 35.9 Å². The Morgan fingerprint density at radius 2 is 0.607 bits per heavy atom. The van der Waals surface area contributed by atoms with E-state index >= 15 is 0 Å². The van der Waals surface area contributed by atoms with Crippen molar-refractivity contribution in [2.45, 2.75) is 164 Å². The molecule has 4 aliphatic heterocycles. The molecule has 0 saturated carbocycles. The van der Waals surface area contributed by atoms with Gasteiger partial charge in [-0.25, -0.2) is 0 Å². The van der Waals surface area contributed by atoms with Crippen LogP contribution in [0.4, 0.5) is 0 Å². The fourth-order valence-corrected chi connectivity index (χ4v) is 8.39. The minimum absolute atomic E-state index is 1.14. The van der Waals surface area contributed by atoms with Crippen LogP contribution in [0.1, 0.15) is 128 Å². The first kappa shape index (κ1) is 21.4. The first-order chi connectivity index (χ1) is 13.9. The van der Waals surface area contributed by atoms with Gasteiger partial charge in [0.25, 0.3) is 0 Å². The average molecular weight is 382 g/mol. The van der Waals surface area contributed by atoms with Crippen molar-refractivity contribution in [3.8, 4) is 0 Å². The SMILES string of the molecule is C(CCCCCB1C2CCCC1CCC2)CCCCB1C2CCCC1CCC2. The third-order valence-corrected chi connectivity index (χ3v) is 9.85. The van der Waals surface area contributed by atoms with Crippen LogP contribution in [0.15, 0.2) is 0 Å². The third kappa shape index (κ3) is 5.85. The summed E-state index contributed by atoms with van der Waals surface area (Å²) in [6.07, 6.45) is 34.2. The molecule has 4 aliphatic rings. The molecule has 0 N–H and O–H groups in total. The van der Waals surface area contributed by atoms with E-state index in [0.29, 0.717) is 0 Å². The minimum atomic E-state index is 1.14. The zero-order valence-electron chi connectivity index (χ0n) is 19.0. The molecule has 28 heavy (non-hydrogen) atoms. The molecule has 0 nitrogen and oxygen atoms in total. The van der Waals surface area contributed by atoms with Gasteiger partial charge < -0.3 is 0 Å². The summed E-state index contributed by atoms with van der Waals surface area (Å²) in [5.41, 5.74) is 0. The third-order valence-electron chi connectivity index (χ3n) is 9.85. The van der Waals surface area contributed by atoms with E-state index in [4.69, 9.17) is 0 Å². The fourth-order valence-electron chi connectivity index (χ4n) is 8.39.